The number of nitrogens with zero attached hydrogens (tertiary/aromatic N) is 1. The van der Waals surface area contributed by atoms with Gasteiger partial charge < -0.3 is 9.05 Å². The molecule has 9 heteroatoms. The Morgan fingerprint density at radius 3 is 2.14 bits per heavy atom. The third-order valence-electron chi connectivity index (χ3n) is 2.65. The summed E-state index contributed by atoms with van der Waals surface area (Å²) in [6, 6.07) is 6.28. The zero-order chi connectivity index (χ0) is 16.8. The molecule has 1 rings (SSSR count). The highest BCUT2D eigenvalue weighted by Gasteiger charge is 2.28. The first-order valence-electron chi connectivity index (χ1n) is 6.77. The van der Waals surface area contributed by atoms with Crippen molar-refractivity contribution in [3.63, 3.8) is 0 Å². The maximum Gasteiger partial charge on any atom is 0.376 e. The fourth-order valence-electron chi connectivity index (χ4n) is 1.52. The van der Waals surface area contributed by atoms with Gasteiger partial charge in [0.1, 0.15) is 5.45 Å². The fraction of sp³-hybridized carbons (Fsp3) is 0.462. The Kier molecular flexibility index (Phi) is 6.74. The van der Waals surface area contributed by atoms with E-state index in [-0.39, 0.29) is 23.6 Å². The summed E-state index contributed by atoms with van der Waals surface area (Å²) in [5.41, 5.74) is 0.891. The minimum absolute atomic E-state index is 0.0492. The Hall–Kier alpha value is -1.21. The van der Waals surface area contributed by atoms with E-state index in [2.05, 4.69) is 5.10 Å². The molecule has 0 atom stereocenters. The maximum atomic E-state index is 12.4. The number of benzene rings is 1. The van der Waals surface area contributed by atoms with E-state index in [1.54, 1.807) is 26.0 Å². The Labute approximate surface area is 131 Å². The average Bonchev–Trinajstić information content (AvgIpc) is 2.46. The number of sulfonamides is 1. The number of nitrogens with one attached hydrogen (secondary N) is 1. The highest BCUT2D eigenvalue weighted by atomic mass is 32.2. The first-order chi connectivity index (χ1) is 10.2. The van der Waals surface area contributed by atoms with Gasteiger partial charge in [-0.1, -0.05) is 17.7 Å². The molecule has 0 aliphatic carbocycles. The van der Waals surface area contributed by atoms with Crippen LogP contribution < -0.4 is 4.83 Å². The molecule has 0 aromatic heterocycles. The molecule has 0 aliphatic rings. The monoisotopic (exact) mass is 348 g/mol. The standard InChI is InChI=1S/C13H21N2O5PS/c1-5-19-21(16,20-6-2)12(4)14-15-22(17,18)13-9-7-11(3)8-10-13/h7-10,15H,5-6H2,1-4H3. The summed E-state index contributed by atoms with van der Waals surface area (Å²) in [6.07, 6.45) is 0. The molecular weight excluding hydrogens is 327 g/mol. The summed E-state index contributed by atoms with van der Waals surface area (Å²) in [5.74, 6) is 0. The lowest BCUT2D eigenvalue weighted by atomic mass is 10.2. The third kappa shape index (κ3) is 4.91. The first kappa shape index (κ1) is 18.8. The summed E-state index contributed by atoms with van der Waals surface area (Å²) < 4.78 is 46.8. The van der Waals surface area contributed by atoms with Gasteiger partial charge in [0.2, 0.25) is 0 Å². The quantitative estimate of drug-likeness (QED) is 0.443. The van der Waals surface area contributed by atoms with E-state index in [9.17, 15) is 13.0 Å². The molecule has 124 valence electrons. The second kappa shape index (κ2) is 7.87. The van der Waals surface area contributed by atoms with Crippen molar-refractivity contribution in [1.82, 2.24) is 4.83 Å². The van der Waals surface area contributed by atoms with Crippen LogP contribution in [0.4, 0.5) is 0 Å². The highest BCUT2D eigenvalue weighted by molar-refractivity contribution is 7.89. The van der Waals surface area contributed by atoms with Crippen molar-refractivity contribution in [2.24, 2.45) is 5.10 Å². The molecule has 0 aliphatic heterocycles. The van der Waals surface area contributed by atoms with Crippen molar-refractivity contribution in [2.75, 3.05) is 13.2 Å². The molecule has 0 bridgehead atoms. The van der Waals surface area contributed by atoms with Crippen molar-refractivity contribution < 1.29 is 22.0 Å². The van der Waals surface area contributed by atoms with Crippen LogP contribution in [0.2, 0.25) is 0 Å². The predicted octanol–water partition coefficient (Wildman–Crippen LogP) is 2.87. The lowest BCUT2D eigenvalue weighted by Crippen LogP contribution is -2.20. The number of aryl methyl sites for hydroxylation is 1. The lowest BCUT2D eigenvalue weighted by Gasteiger charge is -2.16. The van der Waals surface area contributed by atoms with Gasteiger partial charge in [-0.15, -0.1) is 0 Å². The van der Waals surface area contributed by atoms with Crippen LogP contribution in [-0.2, 0) is 23.6 Å². The van der Waals surface area contributed by atoms with Crippen LogP contribution in [0, 0.1) is 6.92 Å². The molecule has 0 spiro atoms. The molecule has 22 heavy (non-hydrogen) atoms. The fourth-order valence-corrected chi connectivity index (χ4v) is 3.75. The normalized spacial score (nSPS) is 13.2. The van der Waals surface area contributed by atoms with E-state index >= 15 is 0 Å². The molecule has 0 saturated heterocycles. The molecule has 1 aromatic carbocycles. The number of hydrogen-bond acceptors (Lipinski definition) is 6. The Morgan fingerprint density at radius 2 is 1.68 bits per heavy atom. The van der Waals surface area contributed by atoms with Gasteiger partial charge in [-0.05, 0) is 39.8 Å². The Balaban J connectivity index is 2.97. The third-order valence-corrected chi connectivity index (χ3v) is 5.97. The van der Waals surface area contributed by atoms with Crippen LogP contribution in [0.25, 0.3) is 0 Å². The number of hydrogen-bond donors (Lipinski definition) is 1. The SMILES string of the molecule is CCOP(=O)(OCC)C(C)=NNS(=O)(=O)c1ccc(C)cc1. The minimum Gasteiger partial charge on any atom is -0.305 e. The molecular formula is C13H21N2O5PS. The maximum absolute atomic E-state index is 12.4. The van der Waals surface area contributed by atoms with Gasteiger partial charge in [-0.25, -0.2) is 0 Å². The molecule has 0 amide bonds. The summed E-state index contributed by atoms with van der Waals surface area (Å²) >= 11 is 0. The highest BCUT2D eigenvalue weighted by Crippen LogP contribution is 2.49. The van der Waals surface area contributed by atoms with Crippen LogP contribution in [0.15, 0.2) is 34.3 Å². The first-order valence-corrected chi connectivity index (χ1v) is 9.80. The van der Waals surface area contributed by atoms with Crippen molar-refractivity contribution in [1.29, 1.82) is 0 Å². The molecule has 0 fully saturated rings. The van der Waals surface area contributed by atoms with Gasteiger partial charge in [-0.3, -0.25) is 4.57 Å². The van der Waals surface area contributed by atoms with Crippen LogP contribution in [0.5, 0.6) is 0 Å². The molecule has 1 N–H and O–H groups in total. The second-order valence-corrected chi connectivity index (χ2v) is 8.22. The van der Waals surface area contributed by atoms with Crippen molar-refractivity contribution >= 4 is 23.1 Å². The summed E-state index contributed by atoms with van der Waals surface area (Å²) in [4.78, 5) is 2.11. The summed E-state index contributed by atoms with van der Waals surface area (Å²) in [7, 11) is -7.40. The van der Waals surface area contributed by atoms with E-state index in [1.807, 2.05) is 11.8 Å². The number of hydrazone groups is 1. The van der Waals surface area contributed by atoms with E-state index in [0.717, 1.165) is 5.56 Å². The summed E-state index contributed by atoms with van der Waals surface area (Å²) in [6.45, 7) is 6.89. The second-order valence-electron chi connectivity index (χ2n) is 4.40. The zero-order valence-corrected chi connectivity index (χ0v) is 14.8. The minimum atomic E-state index is -3.83. The molecule has 0 unspecified atom stereocenters. The van der Waals surface area contributed by atoms with E-state index < -0.39 is 17.6 Å². The van der Waals surface area contributed by atoms with Gasteiger partial charge in [0.25, 0.3) is 10.0 Å². The van der Waals surface area contributed by atoms with Crippen molar-refractivity contribution in [3.8, 4) is 0 Å². The van der Waals surface area contributed by atoms with E-state index in [1.165, 1.54) is 19.1 Å². The van der Waals surface area contributed by atoms with Gasteiger partial charge in [-0.2, -0.15) is 18.4 Å². The molecule has 0 radical (unpaired) electrons. The van der Waals surface area contributed by atoms with Crippen molar-refractivity contribution in [3.05, 3.63) is 29.8 Å². The predicted molar refractivity (Wildman–Crippen MR) is 85.5 cm³/mol. The Morgan fingerprint density at radius 1 is 1.18 bits per heavy atom. The molecule has 0 heterocycles. The zero-order valence-electron chi connectivity index (χ0n) is 13.1. The molecule has 1 aromatic rings. The van der Waals surface area contributed by atoms with Gasteiger partial charge >= 0.3 is 7.60 Å². The van der Waals surface area contributed by atoms with Crippen LogP contribution in [0.3, 0.4) is 0 Å². The molecule has 7 nitrogen and oxygen atoms in total. The van der Waals surface area contributed by atoms with Gasteiger partial charge in [0.05, 0.1) is 18.1 Å². The topological polar surface area (TPSA) is 94.1 Å². The van der Waals surface area contributed by atoms with Crippen LogP contribution in [0.1, 0.15) is 26.3 Å². The van der Waals surface area contributed by atoms with Crippen LogP contribution in [-0.4, -0.2) is 27.1 Å². The van der Waals surface area contributed by atoms with Gasteiger partial charge in [0, 0.05) is 0 Å². The smallest absolute Gasteiger partial charge is 0.305 e. The van der Waals surface area contributed by atoms with Crippen molar-refractivity contribution in [2.45, 2.75) is 32.6 Å². The Bertz CT molecular complexity index is 660. The van der Waals surface area contributed by atoms with E-state index in [4.69, 9.17) is 9.05 Å². The van der Waals surface area contributed by atoms with E-state index in [0.29, 0.717) is 0 Å². The lowest BCUT2D eigenvalue weighted by molar-refractivity contribution is 0.232. The largest absolute Gasteiger partial charge is 0.376 e. The summed E-state index contributed by atoms with van der Waals surface area (Å²) in [5, 5.41) is 3.67. The average molecular weight is 348 g/mol. The van der Waals surface area contributed by atoms with Crippen LogP contribution >= 0.6 is 7.60 Å². The number of rotatable bonds is 8. The molecule has 0 saturated carbocycles. The van der Waals surface area contributed by atoms with Gasteiger partial charge in [0.15, 0.2) is 0 Å².